The normalized spacial score (nSPS) is 15.9. The molecule has 1 fully saturated rings. The molecule has 0 saturated heterocycles. The molecule has 0 amide bonds. The fraction of sp³-hybridized carbons (Fsp3) is 0.571. The summed E-state index contributed by atoms with van der Waals surface area (Å²) < 4.78 is 0. The second kappa shape index (κ2) is 4.88. The van der Waals surface area contributed by atoms with Crippen molar-refractivity contribution in [2.75, 3.05) is 18.5 Å². The van der Waals surface area contributed by atoms with Crippen LogP contribution >= 0.6 is 0 Å². The molecule has 1 aromatic rings. The van der Waals surface area contributed by atoms with Crippen LogP contribution in [0.3, 0.4) is 0 Å². The van der Waals surface area contributed by atoms with Crippen LogP contribution in [0.2, 0.25) is 0 Å². The quantitative estimate of drug-likeness (QED) is 0.841. The molecule has 0 aromatic heterocycles. The average Bonchev–Trinajstić information content (AvgIpc) is 2.23. The highest BCUT2D eigenvalue weighted by molar-refractivity contribution is 5.50. The van der Waals surface area contributed by atoms with Crippen molar-refractivity contribution in [3.8, 4) is 0 Å². The monoisotopic (exact) mass is 219 g/mol. The maximum Gasteiger partial charge on any atom is 0.0684 e. The van der Waals surface area contributed by atoms with Gasteiger partial charge in [0.05, 0.1) is 6.61 Å². The average molecular weight is 219 g/mol. The van der Waals surface area contributed by atoms with Gasteiger partial charge < -0.3 is 10.0 Å². The van der Waals surface area contributed by atoms with Gasteiger partial charge in [0, 0.05) is 19.3 Å². The van der Waals surface area contributed by atoms with E-state index in [9.17, 15) is 0 Å². The number of anilines is 1. The fourth-order valence-corrected chi connectivity index (χ4v) is 2.26. The first-order valence-electron chi connectivity index (χ1n) is 6.12. The summed E-state index contributed by atoms with van der Waals surface area (Å²) in [5.41, 5.74) is 3.47. The summed E-state index contributed by atoms with van der Waals surface area (Å²) in [7, 11) is 2.16. The Hall–Kier alpha value is -1.02. The third-order valence-corrected chi connectivity index (χ3v) is 3.69. The van der Waals surface area contributed by atoms with Crippen molar-refractivity contribution in [3.63, 3.8) is 0 Å². The van der Waals surface area contributed by atoms with Gasteiger partial charge in [-0.05, 0) is 48.9 Å². The Labute approximate surface area is 97.9 Å². The van der Waals surface area contributed by atoms with Gasteiger partial charge in [-0.2, -0.15) is 0 Å². The smallest absolute Gasteiger partial charge is 0.0684 e. The highest BCUT2D eigenvalue weighted by Crippen LogP contribution is 2.28. The summed E-state index contributed by atoms with van der Waals surface area (Å²) in [6.45, 7) is 3.36. The Kier molecular flexibility index (Phi) is 3.49. The zero-order valence-electron chi connectivity index (χ0n) is 10.2. The number of aryl methyl sites for hydroxylation is 1. The van der Waals surface area contributed by atoms with Gasteiger partial charge >= 0.3 is 0 Å². The van der Waals surface area contributed by atoms with E-state index in [1.165, 1.54) is 30.5 Å². The van der Waals surface area contributed by atoms with Crippen LogP contribution in [-0.4, -0.2) is 18.7 Å². The molecule has 0 heterocycles. The van der Waals surface area contributed by atoms with Crippen molar-refractivity contribution >= 4 is 5.69 Å². The van der Waals surface area contributed by atoms with Crippen LogP contribution in [0.1, 0.15) is 30.4 Å². The number of aliphatic hydroxyl groups is 1. The Morgan fingerprint density at radius 2 is 2.12 bits per heavy atom. The van der Waals surface area contributed by atoms with Gasteiger partial charge in [0.2, 0.25) is 0 Å². The first-order chi connectivity index (χ1) is 7.70. The minimum absolute atomic E-state index is 0.137. The topological polar surface area (TPSA) is 23.5 Å². The molecule has 1 aromatic carbocycles. The molecule has 2 rings (SSSR count). The van der Waals surface area contributed by atoms with Gasteiger partial charge in [-0.1, -0.05) is 12.5 Å². The van der Waals surface area contributed by atoms with E-state index in [0.29, 0.717) is 0 Å². The summed E-state index contributed by atoms with van der Waals surface area (Å²) in [5.74, 6) is 0.892. The lowest BCUT2D eigenvalue weighted by Gasteiger charge is -2.31. The Morgan fingerprint density at radius 1 is 1.38 bits per heavy atom. The standard InChI is InChI=1S/C14H21NO/c1-11-8-14(7-6-13(11)10-16)15(2)9-12-4-3-5-12/h6-8,12,16H,3-5,9-10H2,1-2H3. The Balaban J connectivity index is 2.04. The Morgan fingerprint density at radius 3 is 2.62 bits per heavy atom. The van der Waals surface area contributed by atoms with Crippen LogP contribution in [0, 0.1) is 12.8 Å². The lowest BCUT2D eigenvalue weighted by atomic mass is 9.85. The van der Waals surface area contributed by atoms with E-state index in [1.807, 2.05) is 6.07 Å². The molecular formula is C14H21NO. The first-order valence-corrected chi connectivity index (χ1v) is 6.12. The second-order valence-corrected chi connectivity index (χ2v) is 4.95. The number of hydrogen-bond donors (Lipinski definition) is 1. The first kappa shape index (κ1) is 11.5. The predicted octanol–water partition coefficient (Wildman–Crippen LogP) is 2.72. The molecule has 1 saturated carbocycles. The molecule has 2 heteroatoms. The molecule has 16 heavy (non-hydrogen) atoms. The molecule has 88 valence electrons. The summed E-state index contributed by atoms with van der Waals surface area (Å²) in [5, 5.41) is 9.13. The number of nitrogens with zero attached hydrogens (tertiary/aromatic N) is 1. The maximum absolute atomic E-state index is 9.13. The third-order valence-electron chi connectivity index (χ3n) is 3.69. The van der Waals surface area contributed by atoms with Gasteiger partial charge in [0.25, 0.3) is 0 Å². The van der Waals surface area contributed by atoms with E-state index in [2.05, 4.69) is 31.0 Å². The van der Waals surface area contributed by atoms with E-state index in [4.69, 9.17) is 5.11 Å². The van der Waals surface area contributed by atoms with Gasteiger partial charge in [0.15, 0.2) is 0 Å². The molecule has 1 aliphatic carbocycles. The molecule has 2 nitrogen and oxygen atoms in total. The molecule has 0 bridgehead atoms. The maximum atomic E-state index is 9.13. The van der Waals surface area contributed by atoms with Crippen LogP contribution in [0.15, 0.2) is 18.2 Å². The van der Waals surface area contributed by atoms with Crippen molar-refractivity contribution in [2.45, 2.75) is 32.8 Å². The van der Waals surface area contributed by atoms with Crippen LogP contribution in [0.5, 0.6) is 0 Å². The Bertz CT molecular complexity index is 358. The number of hydrogen-bond acceptors (Lipinski definition) is 2. The van der Waals surface area contributed by atoms with Crippen molar-refractivity contribution in [1.29, 1.82) is 0 Å². The number of benzene rings is 1. The zero-order chi connectivity index (χ0) is 11.5. The molecule has 0 radical (unpaired) electrons. The number of aliphatic hydroxyl groups excluding tert-OH is 1. The lowest BCUT2D eigenvalue weighted by Crippen LogP contribution is -2.29. The van der Waals surface area contributed by atoms with Gasteiger partial charge in [-0.3, -0.25) is 0 Å². The van der Waals surface area contributed by atoms with Crippen LogP contribution in [0.25, 0.3) is 0 Å². The van der Waals surface area contributed by atoms with Crippen molar-refractivity contribution in [1.82, 2.24) is 0 Å². The van der Waals surface area contributed by atoms with Gasteiger partial charge in [0.1, 0.15) is 0 Å². The molecule has 1 aliphatic rings. The molecular weight excluding hydrogens is 198 g/mol. The second-order valence-electron chi connectivity index (χ2n) is 4.95. The summed E-state index contributed by atoms with van der Waals surface area (Å²) in [6, 6.07) is 6.31. The van der Waals surface area contributed by atoms with Crippen LogP contribution < -0.4 is 4.90 Å². The molecule has 0 unspecified atom stereocenters. The van der Waals surface area contributed by atoms with Crippen molar-refractivity contribution in [2.24, 2.45) is 5.92 Å². The van der Waals surface area contributed by atoms with E-state index in [0.717, 1.165) is 18.0 Å². The van der Waals surface area contributed by atoms with Gasteiger partial charge in [-0.15, -0.1) is 0 Å². The van der Waals surface area contributed by atoms with E-state index in [-0.39, 0.29) is 6.61 Å². The minimum atomic E-state index is 0.137. The zero-order valence-corrected chi connectivity index (χ0v) is 10.2. The molecule has 0 aliphatic heterocycles. The highest BCUT2D eigenvalue weighted by Gasteiger charge is 2.19. The third kappa shape index (κ3) is 2.38. The number of rotatable bonds is 4. The predicted molar refractivity (Wildman–Crippen MR) is 67.7 cm³/mol. The van der Waals surface area contributed by atoms with Crippen LogP contribution in [0.4, 0.5) is 5.69 Å². The van der Waals surface area contributed by atoms with Gasteiger partial charge in [-0.25, -0.2) is 0 Å². The van der Waals surface area contributed by atoms with E-state index < -0.39 is 0 Å². The lowest BCUT2D eigenvalue weighted by molar-refractivity contribution is 0.281. The minimum Gasteiger partial charge on any atom is -0.392 e. The van der Waals surface area contributed by atoms with Crippen LogP contribution in [-0.2, 0) is 6.61 Å². The molecule has 0 atom stereocenters. The molecule has 0 spiro atoms. The summed E-state index contributed by atoms with van der Waals surface area (Å²) in [6.07, 6.45) is 4.18. The molecule has 1 N–H and O–H groups in total. The summed E-state index contributed by atoms with van der Waals surface area (Å²) in [4.78, 5) is 2.33. The largest absolute Gasteiger partial charge is 0.392 e. The summed E-state index contributed by atoms with van der Waals surface area (Å²) >= 11 is 0. The van der Waals surface area contributed by atoms with E-state index >= 15 is 0 Å². The highest BCUT2D eigenvalue weighted by atomic mass is 16.3. The fourth-order valence-electron chi connectivity index (χ4n) is 2.26. The van der Waals surface area contributed by atoms with Crippen molar-refractivity contribution < 1.29 is 5.11 Å². The SMILES string of the molecule is Cc1cc(N(C)CC2CCC2)ccc1CO. The van der Waals surface area contributed by atoms with Crippen molar-refractivity contribution in [3.05, 3.63) is 29.3 Å². The van der Waals surface area contributed by atoms with E-state index in [1.54, 1.807) is 0 Å².